The van der Waals surface area contributed by atoms with Gasteiger partial charge in [0.15, 0.2) is 18.8 Å². The predicted molar refractivity (Wildman–Crippen MR) is 218 cm³/mol. The number of aliphatic hydroxyl groups excluding tert-OH is 1. The maximum Gasteiger partial charge on any atom is 0.269 e. The highest BCUT2D eigenvalue weighted by Crippen LogP contribution is 2.49. The molecule has 2 atom stereocenters. The van der Waals surface area contributed by atoms with Crippen molar-refractivity contribution in [3.63, 3.8) is 0 Å². The second-order valence-electron chi connectivity index (χ2n) is 14.4. The van der Waals surface area contributed by atoms with Gasteiger partial charge >= 0.3 is 0 Å². The molecule has 0 saturated heterocycles. The largest absolute Gasteiger partial charge is 0.482 e. The van der Waals surface area contributed by atoms with Crippen molar-refractivity contribution in [3.05, 3.63) is 150 Å². The van der Waals surface area contributed by atoms with Gasteiger partial charge in [-0.15, -0.1) is 0 Å². The molecule has 5 aromatic rings. The predicted octanol–water partition coefficient (Wildman–Crippen LogP) is 6.14. The van der Waals surface area contributed by atoms with Gasteiger partial charge in [0.25, 0.3) is 17.7 Å². The molecule has 58 heavy (non-hydrogen) atoms. The summed E-state index contributed by atoms with van der Waals surface area (Å²) in [6.07, 6.45) is 3.29. The number of ether oxygens (including phenoxy) is 2. The highest BCUT2D eigenvalue weighted by Gasteiger charge is 2.53. The Bertz CT molecular complexity index is 2400. The van der Waals surface area contributed by atoms with Crippen LogP contribution in [-0.2, 0) is 37.9 Å². The minimum atomic E-state index is -2.07. The minimum Gasteiger partial charge on any atom is -0.482 e. The smallest absolute Gasteiger partial charge is 0.269 e. The molecule has 4 amide bonds. The first-order chi connectivity index (χ1) is 28.2. The molecule has 3 aliphatic rings. The molecule has 294 valence electrons. The third-order valence-electron chi connectivity index (χ3n) is 10.8. The number of carbonyl (C=O) groups excluding carboxylic acids is 4. The molecule has 0 saturated carbocycles. The second-order valence-corrected chi connectivity index (χ2v) is 14.4. The lowest BCUT2D eigenvalue weighted by atomic mass is 9.82. The number of aliphatic hydroxyl groups is 2. The van der Waals surface area contributed by atoms with E-state index >= 15 is 0 Å². The van der Waals surface area contributed by atoms with Gasteiger partial charge in [0.2, 0.25) is 5.91 Å². The van der Waals surface area contributed by atoms with E-state index < -0.39 is 17.4 Å². The van der Waals surface area contributed by atoms with Crippen LogP contribution >= 0.6 is 0 Å². The third-order valence-corrected chi connectivity index (χ3v) is 10.8. The second kappa shape index (κ2) is 16.0. The molecular formula is C46H42N4O8. The Labute approximate surface area is 335 Å². The Morgan fingerprint density at radius 2 is 1.34 bits per heavy atom. The first-order valence-electron chi connectivity index (χ1n) is 19.1. The maximum atomic E-state index is 14.6. The first kappa shape index (κ1) is 38.1. The molecule has 0 aliphatic carbocycles. The number of para-hydroxylation sites is 4. The summed E-state index contributed by atoms with van der Waals surface area (Å²) in [6, 6.07) is 36.4. The average molecular weight is 779 g/mol. The van der Waals surface area contributed by atoms with Crippen molar-refractivity contribution in [2.75, 3.05) is 41.1 Å². The van der Waals surface area contributed by atoms with Gasteiger partial charge in [-0.3, -0.25) is 29.0 Å². The highest BCUT2D eigenvalue weighted by molar-refractivity contribution is 6.09. The number of benzene rings is 5. The van der Waals surface area contributed by atoms with Gasteiger partial charge in [-0.05, 0) is 65.7 Å². The topological polar surface area (TPSA) is 140 Å². The zero-order valence-electron chi connectivity index (χ0n) is 31.9. The molecule has 12 heteroatoms. The van der Waals surface area contributed by atoms with E-state index in [0.717, 1.165) is 11.1 Å². The molecule has 0 bridgehead atoms. The van der Waals surface area contributed by atoms with E-state index in [1.54, 1.807) is 65.3 Å². The number of anilines is 5. The van der Waals surface area contributed by atoms with Crippen LogP contribution < -0.4 is 24.2 Å². The van der Waals surface area contributed by atoms with Crippen molar-refractivity contribution in [2.45, 2.75) is 32.0 Å². The number of carbonyl (C=O) groups is 4. The molecule has 8 rings (SSSR count). The summed E-state index contributed by atoms with van der Waals surface area (Å²) >= 11 is 0. The maximum absolute atomic E-state index is 14.6. The van der Waals surface area contributed by atoms with Gasteiger partial charge in [0.1, 0.15) is 11.5 Å². The molecule has 3 heterocycles. The number of nitrogens with zero attached hydrogens (tertiary/aromatic N) is 4. The van der Waals surface area contributed by atoms with Crippen LogP contribution in [-0.4, -0.2) is 65.1 Å². The lowest BCUT2D eigenvalue weighted by Gasteiger charge is -2.31. The molecular weight excluding hydrogens is 737 g/mol. The van der Waals surface area contributed by atoms with Crippen molar-refractivity contribution in [1.82, 2.24) is 4.90 Å². The van der Waals surface area contributed by atoms with Crippen LogP contribution in [0.5, 0.6) is 11.5 Å². The van der Waals surface area contributed by atoms with Gasteiger partial charge in [-0.2, -0.15) is 0 Å². The van der Waals surface area contributed by atoms with Gasteiger partial charge in [0.05, 0.1) is 30.2 Å². The Kier molecular flexibility index (Phi) is 10.5. The fraction of sp³-hybridized carbons (Fsp3) is 0.217. The number of hydrogen-bond acceptors (Lipinski definition) is 8. The minimum absolute atomic E-state index is 0.0143. The van der Waals surface area contributed by atoms with Crippen LogP contribution in [0.4, 0.5) is 28.4 Å². The van der Waals surface area contributed by atoms with E-state index in [9.17, 15) is 29.4 Å². The normalized spacial score (nSPS) is 17.7. The number of hydrogen-bond donors (Lipinski definition) is 2. The average Bonchev–Trinajstić information content (AvgIpc) is 3.46. The van der Waals surface area contributed by atoms with Crippen molar-refractivity contribution in [2.24, 2.45) is 5.92 Å². The lowest BCUT2D eigenvalue weighted by molar-refractivity contribution is -0.139. The Hall–Kier alpha value is -6.76. The fourth-order valence-corrected chi connectivity index (χ4v) is 7.79. The Morgan fingerprint density at radius 3 is 1.98 bits per heavy atom. The summed E-state index contributed by atoms with van der Waals surface area (Å²) in [5.41, 5.74) is 2.67. The molecule has 0 spiro atoms. The molecule has 3 aliphatic heterocycles. The molecule has 12 nitrogen and oxygen atoms in total. The van der Waals surface area contributed by atoms with Gasteiger partial charge in [-0.25, -0.2) is 0 Å². The van der Waals surface area contributed by atoms with Crippen molar-refractivity contribution < 1.29 is 38.9 Å². The molecule has 0 radical (unpaired) electrons. The fourth-order valence-electron chi connectivity index (χ4n) is 7.79. The van der Waals surface area contributed by atoms with Crippen LogP contribution in [0, 0.1) is 5.92 Å². The first-order valence-corrected chi connectivity index (χ1v) is 19.1. The quantitative estimate of drug-likeness (QED) is 0.144. The molecule has 0 unspecified atom stereocenters. The van der Waals surface area contributed by atoms with E-state index in [1.165, 1.54) is 9.80 Å². The summed E-state index contributed by atoms with van der Waals surface area (Å²) in [7, 11) is 0. The molecule has 5 aromatic carbocycles. The summed E-state index contributed by atoms with van der Waals surface area (Å²) in [6.45, 7) is 1.85. The van der Waals surface area contributed by atoms with Crippen LogP contribution in [0.3, 0.4) is 0 Å². The summed E-state index contributed by atoms with van der Waals surface area (Å²) in [4.78, 5) is 60.5. The standard InChI is InChI=1S/C46H42N4O8/c1-31(10-9-17-42(52)47(24-25-51)27-32-11-3-2-4-12-32)46(56)36-26-35(50-39-14-6-8-16-41(39)58-30-44(50)54)22-23-37(36)48(45(46)55)28-33-18-20-34(21-19-33)49-38-13-5-7-15-40(38)57-29-43(49)53/h2-16,18-23,26,31,51,56H,17,24-25,27-30H2,1H3/b10-9+/t31-,46+/m1/s1. The SMILES string of the molecule is C[C@H](/C=C/CC(=O)N(CCO)Cc1ccccc1)[C@@]1(O)C(=O)N(Cc2ccc(N3C(=O)COc4ccccc43)cc2)c2ccc(N3C(=O)COc4ccccc43)cc21. The van der Waals surface area contributed by atoms with Crippen LogP contribution in [0.25, 0.3) is 0 Å². The lowest BCUT2D eigenvalue weighted by Crippen LogP contribution is -2.44. The molecule has 0 aromatic heterocycles. The number of fused-ring (bicyclic) bond motifs is 3. The van der Waals surface area contributed by atoms with Crippen molar-refractivity contribution >= 4 is 52.1 Å². The van der Waals surface area contributed by atoms with E-state index in [4.69, 9.17) is 9.47 Å². The van der Waals surface area contributed by atoms with Gasteiger partial charge in [-0.1, -0.05) is 85.8 Å². The van der Waals surface area contributed by atoms with Crippen LogP contribution in [0.2, 0.25) is 0 Å². The Balaban J connectivity index is 1.10. The zero-order chi connectivity index (χ0) is 40.4. The summed E-state index contributed by atoms with van der Waals surface area (Å²) in [5.74, 6) is -0.972. The monoisotopic (exact) mass is 778 g/mol. The van der Waals surface area contributed by atoms with Gasteiger partial charge < -0.3 is 29.5 Å². The van der Waals surface area contributed by atoms with Crippen LogP contribution in [0.15, 0.2) is 133 Å². The van der Waals surface area contributed by atoms with Crippen molar-refractivity contribution in [1.29, 1.82) is 0 Å². The summed E-state index contributed by atoms with van der Waals surface area (Å²) < 4.78 is 11.3. The highest BCUT2D eigenvalue weighted by atomic mass is 16.5. The van der Waals surface area contributed by atoms with E-state index in [-0.39, 0.29) is 57.1 Å². The molecule has 2 N–H and O–H groups in total. The van der Waals surface area contributed by atoms with Crippen molar-refractivity contribution in [3.8, 4) is 11.5 Å². The summed E-state index contributed by atoms with van der Waals surface area (Å²) in [5, 5.41) is 22.3. The van der Waals surface area contributed by atoms with Crippen LogP contribution in [0.1, 0.15) is 30.0 Å². The Morgan fingerprint density at radius 1 is 0.759 bits per heavy atom. The van der Waals surface area contributed by atoms with E-state index in [0.29, 0.717) is 52.0 Å². The molecule has 0 fully saturated rings. The number of amides is 4. The van der Waals surface area contributed by atoms with Gasteiger partial charge in [0, 0.05) is 42.4 Å². The number of rotatable bonds is 12. The van der Waals surface area contributed by atoms with E-state index in [2.05, 4.69) is 0 Å². The third kappa shape index (κ3) is 7.08. The zero-order valence-corrected chi connectivity index (χ0v) is 31.9. The van der Waals surface area contributed by atoms with E-state index in [1.807, 2.05) is 84.9 Å².